The summed E-state index contributed by atoms with van der Waals surface area (Å²) in [6, 6.07) is 4.91. The third-order valence-corrected chi connectivity index (χ3v) is 1.66. The maximum Gasteiger partial charge on any atom is 0.323 e. The predicted molar refractivity (Wildman–Crippen MR) is 47.7 cm³/mol. The number of aromatic nitrogens is 2. The zero-order valence-corrected chi connectivity index (χ0v) is 6.48. The molecule has 0 bridgehead atoms. The van der Waals surface area contributed by atoms with E-state index in [0.717, 1.165) is 0 Å². The molecule has 1 aromatic carbocycles. The molecule has 0 atom stereocenters. The second-order valence-corrected chi connectivity index (χ2v) is 2.50. The van der Waals surface area contributed by atoms with E-state index in [2.05, 4.69) is 20.0 Å². The molecular weight excluding hydrogens is 170 g/mol. The molecule has 2 N–H and O–H groups in total. The summed E-state index contributed by atoms with van der Waals surface area (Å²) in [4.78, 5) is 18.6. The Balaban J connectivity index is 2.74. The molecule has 1 aromatic heterocycles. The fourth-order valence-electron chi connectivity index (χ4n) is 1.13. The number of azide groups is 1. The molecule has 0 radical (unpaired) electrons. The first kappa shape index (κ1) is 7.45. The lowest BCUT2D eigenvalue weighted by atomic mass is 10.3. The maximum absolute atomic E-state index is 10.8. The number of nitrogens with one attached hydrogen (secondary N) is 2. The van der Waals surface area contributed by atoms with Crippen molar-refractivity contribution < 1.29 is 0 Å². The minimum Gasteiger partial charge on any atom is -0.306 e. The van der Waals surface area contributed by atoms with Gasteiger partial charge in [0.15, 0.2) is 0 Å². The number of hydrogen-bond donors (Lipinski definition) is 2. The molecule has 0 aliphatic rings. The fourth-order valence-corrected chi connectivity index (χ4v) is 1.13. The van der Waals surface area contributed by atoms with E-state index >= 15 is 0 Å². The van der Waals surface area contributed by atoms with E-state index in [0.29, 0.717) is 16.7 Å². The van der Waals surface area contributed by atoms with Gasteiger partial charge < -0.3 is 9.97 Å². The van der Waals surface area contributed by atoms with Crippen LogP contribution in [0, 0.1) is 0 Å². The van der Waals surface area contributed by atoms with Crippen LogP contribution in [-0.4, -0.2) is 9.97 Å². The molecule has 6 nitrogen and oxygen atoms in total. The van der Waals surface area contributed by atoms with Gasteiger partial charge in [0.1, 0.15) is 0 Å². The van der Waals surface area contributed by atoms with Gasteiger partial charge >= 0.3 is 5.69 Å². The van der Waals surface area contributed by atoms with Crippen LogP contribution in [0.2, 0.25) is 0 Å². The van der Waals surface area contributed by atoms with Crippen molar-refractivity contribution in [3.63, 3.8) is 0 Å². The number of rotatable bonds is 1. The first-order valence-corrected chi connectivity index (χ1v) is 3.57. The second kappa shape index (κ2) is 2.69. The van der Waals surface area contributed by atoms with Crippen molar-refractivity contribution in [2.24, 2.45) is 5.11 Å². The van der Waals surface area contributed by atoms with E-state index in [1.54, 1.807) is 18.2 Å². The molecule has 0 fully saturated rings. The van der Waals surface area contributed by atoms with Crippen LogP contribution in [-0.2, 0) is 0 Å². The maximum atomic E-state index is 10.8. The normalized spacial score (nSPS) is 9.85. The van der Waals surface area contributed by atoms with Crippen LogP contribution in [0.4, 0.5) is 5.69 Å². The van der Waals surface area contributed by atoms with E-state index < -0.39 is 0 Å². The second-order valence-electron chi connectivity index (χ2n) is 2.50. The Morgan fingerprint density at radius 2 is 2.08 bits per heavy atom. The van der Waals surface area contributed by atoms with Crippen molar-refractivity contribution in [2.45, 2.75) is 0 Å². The van der Waals surface area contributed by atoms with Crippen LogP contribution < -0.4 is 5.69 Å². The van der Waals surface area contributed by atoms with Crippen LogP contribution >= 0.6 is 0 Å². The lowest BCUT2D eigenvalue weighted by Crippen LogP contribution is -1.99. The molecule has 0 spiro atoms. The van der Waals surface area contributed by atoms with Crippen molar-refractivity contribution in [1.29, 1.82) is 0 Å². The number of H-pyrrole nitrogens is 2. The van der Waals surface area contributed by atoms with Gasteiger partial charge in [-0.25, -0.2) is 4.79 Å². The first-order valence-electron chi connectivity index (χ1n) is 3.57. The smallest absolute Gasteiger partial charge is 0.306 e. The summed E-state index contributed by atoms with van der Waals surface area (Å²) in [7, 11) is 0. The molecular formula is C7H5N5O. The van der Waals surface area contributed by atoms with Gasteiger partial charge in [-0.05, 0) is 17.7 Å². The Labute approximate surface area is 71.8 Å². The SMILES string of the molecule is [N-]=[N+]=Nc1ccc2[nH]c(=O)[nH]c2c1. The molecule has 2 aromatic rings. The summed E-state index contributed by atoms with van der Waals surface area (Å²) in [5, 5.41) is 3.41. The van der Waals surface area contributed by atoms with Gasteiger partial charge in [-0.1, -0.05) is 11.2 Å². The van der Waals surface area contributed by atoms with Gasteiger partial charge in [0.2, 0.25) is 0 Å². The molecule has 0 aliphatic heterocycles. The number of benzene rings is 1. The summed E-state index contributed by atoms with van der Waals surface area (Å²) in [5.41, 5.74) is 9.71. The summed E-state index contributed by atoms with van der Waals surface area (Å²) in [6.45, 7) is 0. The largest absolute Gasteiger partial charge is 0.323 e. The molecule has 0 saturated heterocycles. The van der Waals surface area contributed by atoms with Crippen molar-refractivity contribution in [1.82, 2.24) is 9.97 Å². The molecule has 1 heterocycles. The van der Waals surface area contributed by atoms with Gasteiger partial charge in [-0.3, -0.25) is 0 Å². The van der Waals surface area contributed by atoms with E-state index in [-0.39, 0.29) is 5.69 Å². The zero-order valence-electron chi connectivity index (χ0n) is 6.48. The number of nitrogens with zero attached hydrogens (tertiary/aromatic N) is 3. The average Bonchev–Trinajstić information content (AvgIpc) is 2.44. The van der Waals surface area contributed by atoms with Crippen molar-refractivity contribution >= 4 is 16.7 Å². The molecule has 2 rings (SSSR count). The molecule has 0 unspecified atom stereocenters. The van der Waals surface area contributed by atoms with Crippen molar-refractivity contribution in [2.75, 3.05) is 0 Å². The fraction of sp³-hybridized carbons (Fsp3) is 0. The Hall–Kier alpha value is -2.20. The highest BCUT2D eigenvalue weighted by molar-refractivity contribution is 5.77. The predicted octanol–water partition coefficient (Wildman–Crippen LogP) is 1.80. The van der Waals surface area contributed by atoms with Gasteiger partial charge in [0.25, 0.3) is 0 Å². The number of hydrogen-bond acceptors (Lipinski definition) is 2. The molecule has 64 valence electrons. The molecule has 0 amide bonds. The lowest BCUT2D eigenvalue weighted by molar-refractivity contribution is 1.21. The Morgan fingerprint density at radius 3 is 2.85 bits per heavy atom. The molecule has 0 aliphatic carbocycles. The monoisotopic (exact) mass is 175 g/mol. The Bertz CT molecular complexity index is 545. The standard InChI is InChI=1S/C7H5N5O/c8-12-11-4-1-2-5-6(3-4)10-7(13)9-5/h1-3H,(H2,9,10,13). The lowest BCUT2D eigenvalue weighted by Gasteiger charge is -1.89. The van der Waals surface area contributed by atoms with Crippen LogP contribution in [0.15, 0.2) is 28.1 Å². The van der Waals surface area contributed by atoms with Gasteiger partial charge in [0, 0.05) is 10.6 Å². The third kappa shape index (κ3) is 1.25. The van der Waals surface area contributed by atoms with Crippen LogP contribution in [0.5, 0.6) is 0 Å². The quantitative estimate of drug-likeness (QED) is 0.385. The molecule has 0 saturated carbocycles. The van der Waals surface area contributed by atoms with E-state index in [9.17, 15) is 4.79 Å². The summed E-state index contributed by atoms with van der Waals surface area (Å²) < 4.78 is 0. The summed E-state index contributed by atoms with van der Waals surface area (Å²) >= 11 is 0. The van der Waals surface area contributed by atoms with Crippen LogP contribution in [0.1, 0.15) is 0 Å². The average molecular weight is 175 g/mol. The highest BCUT2D eigenvalue weighted by Crippen LogP contribution is 2.16. The Morgan fingerprint density at radius 1 is 1.31 bits per heavy atom. The zero-order chi connectivity index (χ0) is 9.26. The van der Waals surface area contributed by atoms with E-state index in [1.165, 1.54) is 0 Å². The van der Waals surface area contributed by atoms with Crippen LogP contribution in [0.3, 0.4) is 0 Å². The van der Waals surface area contributed by atoms with Gasteiger partial charge in [-0.2, -0.15) is 0 Å². The number of fused-ring (bicyclic) bond motifs is 1. The molecule has 13 heavy (non-hydrogen) atoms. The number of imidazole rings is 1. The third-order valence-electron chi connectivity index (χ3n) is 1.66. The van der Waals surface area contributed by atoms with Crippen molar-refractivity contribution in [3.8, 4) is 0 Å². The summed E-state index contributed by atoms with van der Waals surface area (Å²) in [6.07, 6.45) is 0. The summed E-state index contributed by atoms with van der Waals surface area (Å²) in [5.74, 6) is 0. The minimum atomic E-state index is -0.270. The van der Waals surface area contributed by atoms with Crippen molar-refractivity contribution in [3.05, 3.63) is 39.1 Å². The van der Waals surface area contributed by atoms with E-state index in [4.69, 9.17) is 5.53 Å². The van der Waals surface area contributed by atoms with Crippen LogP contribution in [0.25, 0.3) is 21.5 Å². The molecule has 6 heteroatoms. The highest BCUT2D eigenvalue weighted by atomic mass is 16.1. The van der Waals surface area contributed by atoms with Gasteiger partial charge in [-0.15, -0.1) is 0 Å². The Kier molecular flexibility index (Phi) is 1.54. The topological polar surface area (TPSA) is 97.4 Å². The first-order chi connectivity index (χ1) is 6.29. The number of aromatic amines is 2. The minimum absolute atomic E-state index is 0.270. The highest BCUT2D eigenvalue weighted by Gasteiger charge is 1.97. The van der Waals surface area contributed by atoms with Gasteiger partial charge in [0.05, 0.1) is 11.0 Å². The van der Waals surface area contributed by atoms with E-state index in [1.807, 2.05) is 0 Å².